The quantitative estimate of drug-likeness (QED) is 0.200. The fourth-order valence-corrected chi connectivity index (χ4v) is 9.26. The van der Waals surface area contributed by atoms with Crippen molar-refractivity contribution in [3.63, 3.8) is 0 Å². The van der Waals surface area contributed by atoms with Gasteiger partial charge in [-0.25, -0.2) is 4.98 Å². The third-order valence-electron chi connectivity index (χ3n) is 8.67. The van der Waals surface area contributed by atoms with E-state index in [9.17, 15) is 0 Å². The van der Waals surface area contributed by atoms with Crippen molar-refractivity contribution in [1.82, 2.24) is 19.5 Å². The summed E-state index contributed by atoms with van der Waals surface area (Å²) < 4.78 is 7.51. The first-order valence-electron chi connectivity index (χ1n) is 14.9. The molecule has 0 aliphatic carbocycles. The average Bonchev–Trinajstić information content (AvgIpc) is 3.78. The van der Waals surface area contributed by atoms with E-state index in [2.05, 4.69) is 102 Å². The Morgan fingerprint density at radius 2 is 1.00 bits per heavy atom. The van der Waals surface area contributed by atoms with Gasteiger partial charge in [-0.05, 0) is 24.3 Å². The highest BCUT2D eigenvalue weighted by Crippen LogP contribution is 2.48. The van der Waals surface area contributed by atoms with Crippen LogP contribution >= 0.6 is 22.7 Å². The summed E-state index contributed by atoms with van der Waals surface area (Å²) in [4.78, 5) is 15.1. The van der Waals surface area contributed by atoms with Gasteiger partial charge in [0.15, 0.2) is 11.6 Å². The van der Waals surface area contributed by atoms with Crippen molar-refractivity contribution in [2.45, 2.75) is 0 Å². The third kappa shape index (κ3) is 3.67. The molecule has 4 aromatic heterocycles. The Morgan fingerprint density at radius 1 is 0.400 bits per heavy atom. The molecular weight excluding hydrogens is 589 g/mol. The van der Waals surface area contributed by atoms with Gasteiger partial charge in [0, 0.05) is 62.2 Å². The van der Waals surface area contributed by atoms with Gasteiger partial charge in [-0.15, -0.1) is 22.7 Å². The maximum atomic E-state index is 5.11. The van der Waals surface area contributed by atoms with Crippen molar-refractivity contribution in [2.24, 2.45) is 0 Å². The lowest BCUT2D eigenvalue weighted by Gasteiger charge is -2.10. The number of benzene rings is 6. The van der Waals surface area contributed by atoms with E-state index in [0.717, 1.165) is 22.2 Å². The molecule has 0 radical (unpaired) electrons. The fraction of sp³-hybridized carbons (Fsp3) is 0. The predicted octanol–water partition coefficient (Wildman–Crippen LogP) is 11.0. The van der Waals surface area contributed by atoms with Crippen molar-refractivity contribution in [3.05, 3.63) is 133 Å². The second kappa shape index (κ2) is 9.53. The van der Waals surface area contributed by atoms with Gasteiger partial charge in [0.1, 0.15) is 0 Å². The molecule has 0 unspecified atom stereocenters. The van der Waals surface area contributed by atoms with Crippen LogP contribution in [0.15, 0.2) is 133 Å². The largest absolute Gasteiger partial charge is 0.278 e. The van der Waals surface area contributed by atoms with Crippen LogP contribution in [0.1, 0.15) is 0 Å². The lowest BCUT2D eigenvalue weighted by atomic mass is 10.1. The molecule has 4 heterocycles. The van der Waals surface area contributed by atoms with Gasteiger partial charge in [0.2, 0.25) is 5.95 Å². The Balaban J connectivity index is 1.31. The number of nitrogens with zero attached hydrogens (tertiary/aromatic N) is 4. The van der Waals surface area contributed by atoms with Gasteiger partial charge in [-0.1, -0.05) is 109 Å². The summed E-state index contributed by atoms with van der Waals surface area (Å²) in [7, 11) is 0. The zero-order valence-electron chi connectivity index (χ0n) is 23.8. The monoisotopic (exact) mass is 610 g/mol. The molecule has 45 heavy (non-hydrogen) atoms. The van der Waals surface area contributed by atoms with Crippen molar-refractivity contribution < 1.29 is 0 Å². The maximum Gasteiger partial charge on any atom is 0.238 e. The van der Waals surface area contributed by atoms with Crippen LogP contribution in [-0.4, -0.2) is 19.5 Å². The smallest absolute Gasteiger partial charge is 0.238 e. The van der Waals surface area contributed by atoms with Crippen molar-refractivity contribution >= 4 is 84.8 Å². The van der Waals surface area contributed by atoms with Crippen molar-refractivity contribution in [1.29, 1.82) is 0 Å². The number of hydrogen-bond donors (Lipinski definition) is 0. The molecule has 0 N–H and O–H groups in total. The Kier molecular flexibility index (Phi) is 5.29. The molecule has 6 heteroatoms. The second-order valence-corrected chi connectivity index (χ2v) is 13.3. The van der Waals surface area contributed by atoms with E-state index >= 15 is 0 Å². The zero-order valence-corrected chi connectivity index (χ0v) is 25.4. The summed E-state index contributed by atoms with van der Waals surface area (Å²) in [6, 6.07) is 46.8. The van der Waals surface area contributed by atoms with Crippen LogP contribution in [0.2, 0.25) is 0 Å². The number of hydrogen-bond acceptors (Lipinski definition) is 5. The molecular formula is C39H22N4S2. The van der Waals surface area contributed by atoms with Crippen LogP contribution in [0, 0.1) is 0 Å². The molecule has 0 saturated carbocycles. The number of aromatic nitrogens is 4. The minimum atomic E-state index is 0.612. The van der Waals surface area contributed by atoms with Crippen LogP contribution in [0.4, 0.5) is 0 Å². The summed E-state index contributed by atoms with van der Waals surface area (Å²) in [5.74, 6) is 1.92. The lowest BCUT2D eigenvalue weighted by Crippen LogP contribution is -2.06. The Morgan fingerprint density at radius 3 is 1.76 bits per heavy atom. The van der Waals surface area contributed by atoms with Gasteiger partial charge in [-0.3, -0.25) is 4.57 Å². The van der Waals surface area contributed by atoms with Gasteiger partial charge in [0.25, 0.3) is 0 Å². The Hall–Kier alpha value is -5.43. The van der Waals surface area contributed by atoms with Gasteiger partial charge >= 0.3 is 0 Å². The van der Waals surface area contributed by atoms with E-state index in [1.54, 1.807) is 0 Å². The first-order valence-corrected chi connectivity index (χ1v) is 16.5. The molecule has 10 aromatic rings. The first-order chi connectivity index (χ1) is 22.3. The summed E-state index contributed by atoms with van der Waals surface area (Å²) >= 11 is 3.77. The van der Waals surface area contributed by atoms with Crippen molar-refractivity contribution in [3.8, 4) is 28.7 Å². The molecule has 0 fully saturated rings. The SMILES string of the molecule is c1ccc(-c2nc(-c3ccccc3)nc(-n3c4ccccc4c4c5sc6ccc7c8ccccc8sc7c6c5ccc43)n2)cc1. The molecule has 0 aliphatic rings. The van der Waals surface area contributed by atoms with E-state index < -0.39 is 0 Å². The van der Waals surface area contributed by atoms with Crippen LogP contribution < -0.4 is 0 Å². The second-order valence-electron chi connectivity index (χ2n) is 11.2. The number of para-hydroxylation sites is 1. The minimum absolute atomic E-state index is 0.612. The Labute approximate surface area is 265 Å². The number of thiophene rings is 2. The van der Waals surface area contributed by atoms with Crippen LogP contribution in [0.5, 0.6) is 0 Å². The fourth-order valence-electron chi connectivity index (χ4n) is 6.67. The van der Waals surface area contributed by atoms with E-state index in [1.807, 2.05) is 59.1 Å². The van der Waals surface area contributed by atoms with Crippen LogP contribution in [0.3, 0.4) is 0 Å². The van der Waals surface area contributed by atoms with E-state index in [0.29, 0.717) is 17.6 Å². The summed E-state index contributed by atoms with van der Waals surface area (Å²) in [5, 5.41) is 7.74. The van der Waals surface area contributed by atoms with Crippen molar-refractivity contribution in [2.75, 3.05) is 0 Å². The van der Waals surface area contributed by atoms with E-state index in [-0.39, 0.29) is 0 Å². The Bertz CT molecular complexity index is 2700. The average molecular weight is 611 g/mol. The van der Waals surface area contributed by atoms with E-state index in [1.165, 1.54) is 51.1 Å². The molecule has 0 bridgehead atoms. The minimum Gasteiger partial charge on any atom is -0.278 e. The first kappa shape index (κ1) is 25.0. The van der Waals surface area contributed by atoms with Gasteiger partial charge < -0.3 is 0 Å². The lowest BCUT2D eigenvalue weighted by molar-refractivity contribution is 0.953. The molecule has 0 atom stereocenters. The highest BCUT2D eigenvalue weighted by atomic mass is 32.1. The van der Waals surface area contributed by atoms with Crippen LogP contribution in [0.25, 0.3) is 90.9 Å². The normalized spacial score (nSPS) is 12.0. The molecule has 6 aromatic carbocycles. The maximum absolute atomic E-state index is 5.11. The van der Waals surface area contributed by atoms with E-state index in [4.69, 9.17) is 15.0 Å². The van der Waals surface area contributed by atoms with Crippen LogP contribution in [-0.2, 0) is 0 Å². The zero-order chi connectivity index (χ0) is 29.5. The topological polar surface area (TPSA) is 43.6 Å². The standard InChI is InChI=1S/C39H22N4S2/c1-3-11-23(12-4-1)37-40-38(24-13-5-2-6-14-24)42-39(41-37)43-29-17-9-7-16-27(29)33-30(43)21-19-28-34-32(45-36(28)33)22-20-26-25-15-8-10-18-31(25)44-35(26)34/h1-22H. The van der Waals surface area contributed by atoms with Gasteiger partial charge in [-0.2, -0.15) is 9.97 Å². The summed E-state index contributed by atoms with van der Waals surface area (Å²) in [6.07, 6.45) is 0. The molecule has 210 valence electrons. The number of rotatable bonds is 3. The van der Waals surface area contributed by atoms with Gasteiger partial charge in [0.05, 0.1) is 11.0 Å². The predicted molar refractivity (Wildman–Crippen MR) is 191 cm³/mol. The molecule has 0 amide bonds. The number of fused-ring (bicyclic) bond motifs is 11. The molecule has 4 nitrogen and oxygen atoms in total. The highest BCUT2D eigenvalue weighted by Gasteiger charge is 2.21. The summed E-state index contributed by atoms with van der Waals surface area (Å²) in [6.45, 7) is 0. The molecule has 0 saturated heterocycles. The molecule has 0 spiro atoms. The highest BCUT2D eigenvalue weighted by molar-refractivity contribution is 7.30. The molecule has 10 rings (SSSR count). The third-order valence-corrected chi connectivity index (χ3v) is 11.1. The molecule has 0 aliphatic heterocycles. The summed E-state index contributed by atoms with van der Waals surface area (Å²) in [5.41, 5.74) is 4.08.